The third kappa shape index (κ3) is 3.65. The molecule has 0 aliphatic rings. The van der Waals surface area contributed by atoms with E-state index in [2.05, 4.69) is 5.32 Å². The molecule has 0 spiro atoms. The summed E-state index contributed by atoms with van der Waals surface area (Å²) in [6.07, 6.45) is -4.53. The molecule has 3 rings (SSSR count). The van der Waals surface area contributed by atoms with Crippen LogP contribution in [0.2, 0.25) is 0 Å². The monoisotopic (exact) mass is 390 g/mol. The van der Waals surface area contributed by atoms with E-state index in [0.717, 1.165) is 11.6 Å². The van der Waals surface area contributed by atoms with Crippen LogP contribution in [-0.4, -0.2) is 10.5 Å². The van der Waals surface area contributed by atoms with Crippen molar-refractivity contribution in [3.05, 3.63) is 82.4 Å². The van der Waals surface area contributed by atoms with Crippen molar-refractivity contribution in [3.63, 3.8) is 0 Å². The first-order valence-electron chi connectivity index (χ1n) is 8.52. The number of carbonyl (C=O) groups excluding carboxylic acids is 1. The summed E-state index contributed by atoms with van der Waals surface area (Å²) in [7, 11) is 0. The van der Waals surface area contributed by atoms with Crippen LogP contribution < -0.4 is 5.32 Å². The van der Waals surface area contributed by atoms with Crippen LogP contribution >= 0.6 is 0 Å². The van der Waals surface area contributed by atoms with Crippen LogP contribution in [-0.2, 0) is 6.18 Å². The predicted molar refractivity (Wildman–Crippen MR) is 99.3 cm³/mol. The van der Waals surface area contributed by atoms with Crippen LogP contribution in [0.4, 0.5) is 23.2 Å². The van der Waals surface area contributed by atoms with Gasteiger partial charge in [-0.15, -0.1) is 0 Å². The number of hydrogen-bond donors (Lipinski definition) is 1. The number of nitrogens with one attached hydrogen (secondary N) is 1. The zero-order valence-electron chi connectivity index (χ0n) is 15.5. The van der Waals surface area contributed by atoms with Gasteiger partial charge in [-0.2, -0.15) is 13.2 Å². The molecule has 0 fully saturated rings. The fourth-order valence-corrected chi connectivity index (χ4v) is 3.20. The van der Waals surface area contributed by atoms with E-state index in [4.69, 9.17) is 0 Å². The Kier molecular flexibility index (Phi) is 5.02. The predicted octanol–water partition coefficient (Wildman–Crippen LogP) is 5.81. The number of para-hydroxylation sites is 1. The highest BCUT2D eigenvalue weighted by molar-refractivity contribution is 6.05. The van der Waals surface area contributed by atoms with E-state index in [1.165, 1.54) is 41.0 Å². The summed E-state index contributed by atoms with van der Waals surface area (Å²) in [6, 6.07) is 11.0. The van der Waals surface area contributed by atoms with E-state index in [1.807, 2.05) is 0 Å². The Morgan fingerprint density at radius 3 is 2.36 bits per heavy atom. The van der Waals surface area contributed by atoms with Gasteiger partial charge in [-0.1, -0.05) is 18.2 Å². The summed E-state index contributed by atoms with van der Waals surface area (Å²) >= 11 is 0. The molecule has 28 heavy (non-hydrogen) atoms. The van der Waals surface area contributed by atoms with Gasteiger partial charge in [0.15, 0.2) is 0 Å². The van der Waals surface area contributed by atoms with E-state index in [9.17, 15) is 22.4 Å². The van der Waals surface area contributed by atoms with Crippen molar-refractivity contribution < 1.29 is 22.4 Å². The summed E-state index contributed by atoms with van der Waals surface area (Å²) in [5.41, 5.74) is 0.894. The van der Waals surface area contributed by atoms with Gasteiger partial charge in [0.2, 0.25) is 0 Å². The smallest absolute Gasteiger partial charge is 0.319 e. The summed E-state index contributed by atoms with van der Waals surface area (Å²) in [5.74, 6) is -1.18. The molecule has 0 saturated heterocycles. The van der Waals surface area contributed by atoms with E-state index in [-0.39, 0.29) is 16.9 Å². The van der Waals surface area contributed by atoms with Gasteiger partial charge < -0.3 is 9.88 Å². The van der Waals surface area contributed by atoms with E-state index < -0.39 is 23.5 Å². The summed E-state index contributed by atoms with van der Waals surface area (Å²) in [6.45, 7) is 4.93. The molecular weight excluding hydrogens is 372 g/mol. The lowest BCUT2D eigenvalue weighted by molar-refractivity contribution is -0.137. The Bertz CT molecular complexity index is 1050. The minimum Gasteiger partial charge on any atom is -0.319 e. The second-order valence-corrected chi connectivity index (χ2v) is 6.57. The van der Waals surface area contributed by atoms with Crippen LogP contribution in [0, 0.1) is 26.6 Å². The molecule has 1 heterocycles. The van der Waals surface area contributed by atoms with Gasteiger partial charge in [-0.05, 0) is 56.7 Å². The zero-order chi connectivity index (χ0) is 20.6. The molecule has 1 aromatic heterocycles. The number of carbonyl (C=O) groups is 1. The van der Waals surface area contributed by atoms with Crippen LogP contribution in [0.25, 0.3) is 5.69 Å². The number of rotatable bonds is 3. The lowest BCUT2D eigenvalue weighted by Crippen LogP contribution is -2.15. The van der Waals surface area contributed by atoms with E-state index in [0.29, 0.717) is 11.4 Å². The van der Waals surface area contributed by atoms with Crippen LogP contribution in [0.5, 0.6) is 0 Å². The maximum absolute atomic E-state index is 13.9. The Labute approximate surface area is 159 Å². The van der Waals surface area contributed by atoms with Crippen molar-refractivity contribution in [2.24, 2.45) is 0 Å². The first kappa shape index (κ1) is 19.7. The molecule has 0 saturated carbocycles. The standard InChI is InChI=1S/C21H18F4N2O/c1-12-8-9-17(22)18(10-12)26-20(28)15-11-13(2)27(14(15)3)19-7-5-4-6-16(19)21(23,24)25/h4-11H,1-3H3,(H,26,28). The fourth-order valence-electron chi connectivity index (χ4n) is 3.20. The maximum atomic E-state index is 13.9. The molecule has 0 aliphatic carbocycles. The molecule has 1 amide bonds. The quantitative estimate of drug-likeness (QED) is 0.563. The number of aromatic nitrogens is 1. The van der Waals surface area contributed by atoms with Crippen molar-refractivity contribution in [2.75, 3.05) is 5.32 Å². The average Bonchev–Trinajstić information content (AvgIpc) is 2.92. The third-order valence-electron chi connectivity index (χ3n) is 4.50. The maximum Gasteiger partial charge on any atom is 0.418 e. The van der Waals surface area contributed by atoms with Gasteiger partial charge >= 0.3 is 6.18 Å². The van der Waals surface area contributed by atoms with Crippen molar-refractivity contribution in [2.45, 2.75) is 26.9 Å². The normalized spacial score (nSPS) is 11.5. The molecule has 1 N–H and O–H groups in total. The molecule has 0 atom stereocenters. The average molecular weight is 390 g/mol. The van der Waals surface area contributed by atoms with Gasteiger partial charge in [0, 0.05) is 11.4 Å². The summed E-state index contributed by atoms with van der Waals surface area (Å²) in [4.78, 5) is 12.7. The van der Waals surface area contributed by atoms with E-state index >= 15 is 0 Å². The number of amides is 1. The number of nitrogens with zero attached hydrogens (tertiary/aromatic N) is 1. The number of aryl methyl sites for hydroxylation is 2. The van der Waals surface area contributed by atoms with Crippen molar-refractivity contribution in [1.29, 1.82) is 0 Å². The SMILES string of the molecule is Cc1ccc(F)c(NC(=O)c2cc(C)n(-c3ccccc3C(F)(F)F)c2C)c1. The Morgan fingerprint density at radius 1 is 1.00 bits per heavy atom. The highest BCUT2D eigenvalue weighted by Crippen LogP contribution is 2.35. The Morgan fingerprint density at radius 2 is 1.68 bits per heavy atom. The minimum atomic E-state index is -4.53. The van der Waals surface area contributed by atoms with Gasteiger partial charge in [0.05, 0.1) is 22.5 Å². The molecule has 0 radical (unpaired) electrons. The lowest BCUT2D eigenvalue weighted by Gasteiger charge is -2.17. The van der Waals surface area contributed by atoms with Crippen molar-refractivity contribution in [1.82, 2.24) is 4.57 Å². The molecule has 0 unspecified atom stereocenters. The van der Waals surface area contributed by atoms with Crippen LogP contribution in [0.3, 0.4) is 0 Å². The highest BCUT2D eigenvalue weighted by atomic mass is 19.4. The Hall–Kier alpha value is -3.09. The van der Waals surface area contributed by atoms with Gasteiger partial charge in [-0.25, -0.2) is 4.39 Å². The number of hydrogen-bond acceptors (Lipinski definition) is 1. The Balaban J connectivity index is 2.04. The minimum absolute atomic E-state index is 0.0190. The number of anilines is 1. The number of halogens is 4. The molecule has 7 heteroatoms. The summed E-state index contributed by atoms with van der Waals surface area (Å²) < 4.78 is 55.5. The number of alkyl halides is 3. The highest BCUT2D eigenvalue weighted by Gasteiger charge is 2.34. The number of benzene rings is 2. The zero-order valence-corrected chi connectivity index (χ0v) is 15.5. The largest absolute Gasteiger partial charge is 0.418 e. The first-order chi connectivity index (χ1) is 13.1. The van der Waals surface area contributed by atoms with E-state index in [1.54, 1.807) is 26.8 Å². The van der Waals surface area contributed by atoms with Crippen LogP contribution in [0.1, 0.15) is 32.9 Å². The van der Waals surface area contributed by atoms with Crippen molar-refractivity contribution in [3.8, 4) is 5.69 Å². The van der Waals surface area contributed by atoms with Crippen LogP contribution in [0.15, 0.2) is 48.5 Å². The van der Waals surface area contributed by atoms with Crippen molar-refractivity contribution >= 4 is 11.6 Å². The first-order valence-corrected chi connectivity index (χ1v) is 8.52. The molecular formula is C21H18F4N2O. The topological polar surface area (TPSA) is 34.0 Å². The van der Waals surface area contributed by atoms with Gasteiger partial charge in [-0.3, -0.25) is 4.79 Å². The molecule has 3 nitrogen and oxygen atoms in total. The lowest BCUT2D eigenvalue weighted by atomic mass is 10.1. The second kappa shape index (κ2) is 7.14. The molecule has 2 aromatic carbocycles. The molecule has 3 aromatic rings. The molecule has 0 aliphatic heterocycles. The molecule has 0 bridgehead atoms. The second-order valence-electron chi connectivity index (χ2n) is 6.57. The van der Waals surface area contributed by atoms with Gasteiger partial charge in [0.25, 0.3) is 5.91 Å². The van der Waals surface area contributed by atoms with Gasteiger partial charge in [0.1, 0.15) is 5.82 Å². The fraction of sp³-hybridized carbons (Fsp3) is 0.190. The summed E-state index contributed by atoms with van der Waals surface area (Å²) in [5, 5.41) is 2.50. The molecule has 146 valence electrons. The third-order valence-corrected chi connectivity index (χ3v) is 4.50.